The number of amides is 2. The van der Waals surface area contributed by atoms with Crippen LogP contribution in [0, 0.1) is 0 Å². The molecule has 1 N–H and O–H groups in total. The third kappa shape index (κ3) is 7.75. The number of halogens is 1. The molecule has 3 aromatic rings. The van der Waals surface area contributed by atoms with E-state index in [-0.39, 0.29) is 18.4 Å². The lowest BCUT2D eigenvalue weighted by atomic mass is 10.0. The summed E-state index contributed by atoms with van der Waals surface area (Å²) in [6, 6.07) is 26.1. The van der Waals surface area contributed by atoms with Gasteiger partial charge in [-0.1, -0.05) is 83.5 Å². The molecular formula is C27H29BrN2O3. The predicted molar refractivity (Wildman–Crippen MR) is 134 cm³/mol. The molecule has 0 saturated heterocycles. The molecule has 1 atom stereocenters. The molecule has 33 heavy (non-hydrogen) atoms. The average molecular weight is 509 g/mol. The zero-order chi connectivity index (χ0) is 23.5. The lowest BCUT2D eigenvalue weighted by Gasteiger charge is -2.31. The first-order valence-corrected chi connectivity index (χ1v) is 11.9. The van der Waals surface area contributed by atoms with Crippen LogP contribution < -0.4 is 10.1 Å². The number of carbonyl (C=O) groups is 2. The Labute approximate surface area is 203 Å². The van der Waals surface area contributed by atoms with Crippen LogP contribution in [0.2, 0.25) is 0 Å². The Kier molecular flexibility index (Phi) is 9.51. The number of nitrogens with zero attached hydrogens (tertiary/aromatic N) is 1. The van der Waals surface area contributed by atoms with Crippen molar-refractivity contribution in [1.82, 2.24) is 10.2 Å². The van der Waals surface area contributed by atoms with E-state index in [0.29, 0.717) is 25.3 Å². The maximum atomic E-state index is 13.4. The Morgan fingerprint density at radius 1 is 0.909 bits per heavy atom. The number of hydrogen-bond acceptors (Lipinski definition) is 3. The highest BCUT2D eigenvalue weighted by Gasteiger charge is 2.30. The molecule has 0 spiro atoms. The lowest BCUT2D eigenvalue weighted by Crippen LogP contribution is -2.51. The molecule has 5 nitrogen and oxygen atoms in total. The van der Waals surface area contributed by atoms with Gasteiger partial charge in [0, 0.05) is 24.0 Å². The van der Waals surface area contributed by atoms with Crippen LogP contribution in [0.25, 0.3) is 0 Å². The summed E-state index contributed by atoms with van der Waals surface area (Å²) in [5, 5.41) is 2.97. The summed E-state index contributed by atoms with van der Waals surface area (Å²) >= 11 is 3.40. The quantitative estimate of drug-likeness (QED) is 0.396. The van der Waals surface area contributed by atoms with Gasteiger partial charge in [-0.3, -0.25) is 9.59 Å². The summed E-state index contributed by atoms with van der Waals surface area (Å²) in [6.07, 6.45) is 1.25. The monoisotopic (exact) mass is 508 g/mol. The second-order valence-corrected chi connectivity index (χ2v) is 8.66. The standard InChI is InChI=1S/C27H29BrN2O3/c1-2-17-29-27(32)25(18-21-9-5-3-6-10-21)30(19-22-11-7-4-8-12-22)26(31)20-33-24-15-13-23(28)14-16-24/h3-16,25H,2,17-20H2,1H3,(H,29,32). The Morgan fingerprint density at radius 2 is 1.52 bits per heavy atom. The van der Waals surface area contributed by atoms with Gasteiger partial charge in [0.1, 0.15) is 11.8 Å². The number of rotatable bonds is 11. The van der Waals surface area contributed by atoms with Crippen molar-refractivity contribution in [3.05, 3.63) is 101 Å². The topological polar surface area (TPSA) is 58.6 Å². The lowest BCUT2D eigenvalue weighted by molar-refractivity contribution is -0.142. The predicted octanol–water partition coefficient (Wildman–Crippen LogP) is 4.99. The maximum Gasteiger partial charge on any atom is 0.261 e. The van der Waals surface area contributed by atoms with E-state index < -0.39 is 6.04 Å². The van der Waals surface area contributed by atoms with E-state index in [1.165, 1.54) is 0 Å². The molecule has 0 aromatic heterocycles. The maximum absolute atomic E-state index is 13.4. The average Bonchev–Trinajstić information content (AvgIpc) is 2.85. The van der Waals surface area contributed by atoms with Crippen LogP contribution in [0.1, 0.15) is 24.5 Å². The molecular weight excluding hydrogens is 480 g/mol. The first kappa shape index (κ1) is 24.5. The van der Waals surface area contributed by atoms with Crippen molar-refractivity contribution in [2.45, 2.75) is 32.4 Å². The summed E-state index contributed by atoms with van der Waals surface area (Å²) in [5.41, 5.74) is 1.95. The van der Waals surface area contributed by atoms with Gasteiger partial charge in [-0.15, -0.1) is 0 Å². The van der Waals surface area contributed by atoms with Crippen molar-refractivity contribution in [3.63, 3.8) is 0 Å². The third-order valence-corrected chi connectivity index (χ3v) is 5.72. The number of nitrogens with one attached hydrogen (secondary N) is 1. The Bertz CT molecular complexity index is 1010. The van der Waals surface area contributed by atoms with E-state index in [9.17, 15) is 9.59 Å². The minimum absolute atomic E-state index is 0.152. The highest BCUT2D eigenvalue weighted by atomic mass is 79.9. The first-order chi connectivity index (χ1) is 16.1. The smallest absolute Gasteiger partial charge is 0.261 e. The fourth-order valence-corrected chi connectivity index (χ4v) is 3.72. The zero-order valence-corrected chi connectivity index (χ0v) is 20.3. The summed E-state index contributed by atoms with van der Waals surface area (Å²) in [6.45, 7) is 2.74. The first-order valence-electron chi connectivity index (χ1n) is 11.1. The Balaban J connectivity index is 1.85. The molecule has 0 heterocycles. The molecule has 0 radical (unpaired) electrons. The van der Waals surface area contributed by atoms with Gasteiger partial charge in [0.15, 0.2) is 6.61 Å². The van der Waals surface area contributed by atoms with Gasteiger partial charge < -0.3 is 15.0 Å². The molecule has 0 fully saturated rings. The highest BCUT2D eigenvalue weighted by molar-refractivity contribution is 9.10. The highest BCUT2D eigenvalue weighted by Crippen LogP contribution is 2.18. The Morgan fingerprint density at radius 3 is 2.12 bits per heavy atom. The summed E-state index contributed by atoms with van der Waals surface area (Å²) in [7, 11) is 0. The molecule has 0 aliphatic carbocycles. The van der Waals surface area contributed by atoms with E-state index in [4.69, 9.17) is 4.74 Å². The normalized spacial score (nSPS) is 11.5. The molecule has 3 aromatic carbocycles. The largest absolute Gasteiger partial charge is 0.484 e. The number of carbonyl (C=O) groups excluding carboxylic acids is 2. The van der Waals surface area contributed by atoms with E-state index in [1.54, 1.807) is 17.0 Å². The van der Waals surface area contributed by atoms with Crippen molar-refractivity contribution in [2.24, 2.45) is 0 Å². The van der Waals surface area contributed by atoms with Crippen LogP contribution in [0.3, 0.4) is 0 Å². The van der Waals surface area contributed by atoms with Crippen LogP contribution >= 0.6 is 15.9 Å². The van der Waals surface area contributed by atoms with Crippen molar-refractivity contribution in [2.75, 3.05) is 13.2 Å². The molecule has 0 saturated carbocycles. The fourth-order valence-electron chi connectivity index (χ4n) is 3.46. The minimum atomic E-state index is -0.653. The van der Waals surface area contributed by atoms with Crippen LogP contribution in [0.15, 0.2) is 89.4 Å². The van der Waals surface area contributed by atoms with Gasteiger partial charge in [0.05, 0.1) is 0 Å². The number of benzene rings is 3. The molecule has 3 rings (SSSR count). The number of ether oxygens (including phenoxy) is 1. The van der Waals surface area contributed by atoms with E-state index >= 15 is 0 Å². The molecule has 0 aliphatic rings. The number of hydrogen-bond donors (Lipinski definition) is 1. The molecule has 0 aliphatic heterocycles. The van der Waals surface area contributed by atoms with Crippen LogP contribution in [0.4, 0.5) is 0 Å². The summed E-state index contributed by atoms with van der Waals surface area (Å²) in [4.78, 5) is 28.2. The van der Waals surface area contributed by atoms with Gasteiger partial charge in [-0.05, 0) is 41.8 Å². The SMILES string of the molecule is CCCNC(=O)C(Cc1ccccc1)N(Cc1ccccc1)C(=O)COc1ccc(Br)cc1. The molecule has 6 heteroatoms. The molecule has 2 amide bonds. The van der Waals surface area contributed by atoms with Gasteiger partial charge in [-0.25, -0.2) is 0 Å². The summed E-state index contributed by atoms with van der Waals surface area (Å²) in [5.74, 6) is 0.198. The second-order valence-electron chi connectivity index (χ2n) is 7.75. The van der Waals surface area contributed by atoms with Crippen LogP contribution in [-0.4, -0.2) is 35.9 Å². The van der Waals surface area contributed by atoms with Crippen LogP contribution in [0.5, 0.6) is 5.75 Å². The van der Waals surface area contributed by atoms with Gasteiger partial charge in [-0.2, -0.15) is 0 Å². The van der Waals surface area contributed by atoms with E-state index in [2.05, 4.69) is 21.2 Å². The van der Waals surface area contributed by atoms with Crippen molar-refractivity contribution in [3.8, 4) is 5.75 Å². The second kappa shape index (κ2) is 12.8. The van der Waals surface area contributed by atoms with Gasteiger partial charge in [0.2, 0.25) is 5.91 Å². The van der Waals surface area contributed by atoms with Crippen molar-refractivity contribution in [1.29, 1.82) is 0 Å². The fraction of sp³-hybridized carbons (Fsp3) is 0.259. The third-order valence-electron chi connectivity index (χ3n) is 5.19. The molecule has 0 bridgehead atoms. The van der Waals surface area contributed by atoms with E-state index in [0.717, 1.165) is 22.0 Å². The zero-order valence-electron chi connectivity index (χ0n) is 18.7. The van der Waals surface area contributed by atoms with Crippen LogP contribution in [-0.2, 0) is 22.6 Å². The van der Waals surface area contributed by atoms with Gasteiger partial charge >= 0.3 is 0 Å². The minimum Gasteiger partial charge on any atom is -0.484 e. The van der Waals surface area contributed by atoms with Crippen molar-refractivity contribution >= 4 is 27.7 Å². The molecule has 172 valence electrons. The van der Waals surface area contributed by atoms with Gasteiger partial charge in [0.25, 0.3) is 5.91 Å². The Hall–Kier alpha value is -3.12. The van der Waals surface area contributed by atoms with E-state index in [1.807, 2.05) is 79.7 Å². The summed E-state index contributed by atoms with van der Waals surface area (Å²) < 4.78 is 6.69. The molecule has 1 unspecified atom stereocenters. The van der Waals surface area contributed by atoms with Crippen molar-refractivity contribution < 1.29 is 14.3 Å².